The fourth-order valence-corrected chi connectivity index (χ4v) is 2.00. The Morgan fingerprint density at radius 1 is 1.39 bits per heavy atom. The highest BCUT2D eigenvalue weighted by molar-refractivity contribution is 5.59. The van der Waals surface area contributed by atoms with Crippen LogP contribution in [-0.4, -0.2) is 50.1 Å². The van der Waals surface area contributed by atoms with Gasteiger partial charge in [0.2, 0.25) is 0 Å². The molecule has 0 radical (unpaired) electrons. The monoisotopic (exact) mass is 254 g/mol. The lowest BCUT2D eigenvalue weighted by Crippen LogP contribution is -2.44. The third-order valence-electron chi connectivity index (χ3n) is 3.12. The largest absolute Gasteiger partial charge is 0.490 e. The molecule has 1 aromatic rings. The van der Waals surface area contributed by atoms with Gasteiger partial charge in [-0.05, 0) is 13.1 Å². The molecule has 1 aliphatic rings. The zero-order valence-electron chi connectivity index (χ0n) is 13.1. The standard InChI is InChI=1S/C12H17N3O3/c1-13-5-7-14(8-6-13)10-3-4-11(15(16)17)12(9-10)18-2/h3-4,9H,5-8H2,1-2H3/i2D3. The van der Waals surface area contributed by atoms with E-state index in [1.54, 1.807) is 6.07 Å². The number of methoxy groups -OCH3 is 1. The summed E-state index contributed by atoms with van der Waals surface area (Å²) in [7, 11) is -0.693. The van der Waals surface area contributed by atoms with Gasteiger partial charge in [-0.2, -0.15) is 0 Å². The number of likely N-dealkylation sites (N-methyl/N-ethyl adjacent to an activating group) is 1. The first-order valence-corrected chi connectivity index (χ1v) is 5.67. The fourth-order valence-electron chi connectivity index (χ4n) is 2.00. The molecule has 0 bridgehead atoms. The van der Waals surface area contributed by atoms with E-state index in [0.29, 0.717) is 0 Å². The Hall–Kier alpha value is -1.82. The van der Waals surface area contributed by atoms with E-state index in [0.717, 1.165) is 31.9 Å². The van der Waals surface area contributed by atoms with Crippen LogP contribution < -0.4 is 9.64 Å². The highest BCUT2D eigenvalue weighted by Crippen LogP contribution is 2.31. The van der Waals surface area contributed by atoms with Crippen molar-refractivity contribution >= 4 is 11.4 Å². The molecule has 0 amide bonds. The first-order chi connectivity index (χ1) is 9.76. The van der Waals surface area contributed by atoms with E-state index in [1.165, 1.54) is 12.1 Å². The molecule has 1 heterocycles. The highest BCUT2D eigenvalue weighted by atomic mass is 16.6. The Morgan fingerprint density at radius 3 is 2.72 bits per heavy atom. The summed E-state index contributed by atoms with van der Waals surface area (Å²) in [6.45, 7) is 3.32. The molecule has 0 saturated carbocycles. The first-order valence-electron chi connectivity index (χ1n) is 7.17. The molecule has 0 aliphatic carbocycles. The van der Waals surface area contributed by atoms with Gasteiger partial charge in [0.25, 0.3) is 0 Å². The number of rotatable bonds is 3. The minimum absolute atomic E-state index is 0.226. The van der Waals surface area contributed by atoms with E-state index in [4.69, 9.17) is 8.85 Å². The quantitative estimate of drug-likeness (QED) is 0.602. The van der Waals surface area contributed by atoms with Crippen LogP contribution in [0.25, 0.3) is 0 Å². The van der Waals surface area contributed by atoms with Crippen molar-refractivity contribution in [3.63, 3.8) is 0 Å². The number of piperazine rings is 1. The summed E-state index contributed by atoms with van der Waals surface area (Å²) < 4.78 is 26.1. The first kappa shape index (κ1) is 9.16. The third-order valence-corrected chi connectivity index (χ3v) is 3.12. The number of ether oxygens (including phenoxy) is 1. The summed E-state index contributed by atoms with van der Waals surface area (Å²) in [6.07, 6.45) is 0. The molecule has 1 aliphatic heterocycles. The van der Waals surface area contributed by atoms with Crippen molar-refractivity contribution in [2.75, 3.05) is 45.2 Å². The number of anilines is 1. The topological polar surface area (TPSA) is 58.8 Å². The van der Waals surface area contributed by atoms with Crippen LogP contribution in [0.4, 0.5) is 11.4 Å². The second kappa shape index (κ2) is 5.22. The lowest BCUT2D eigenvalue weighted by Gasteiger charge is -2.34. The molecule has 18 heavy (non-hydrogen) atoms. The number of hydrogen-bond donors (Lipinski definition) is 0. The van der Waals surface area contributed by atoms with Crippen molar-refractivity contribution in [2.24, 2.45) is 0 Å². The van der Waals surface area contributed by atoms with Gasteiger partial charge < -0.3 is 14.5 Å². The Labute approximate surface area is 110 Å². The molecule has 0 aromatic heterocycles. The average molecular weight is 254 g/mol. The van der Waals surface area contributed by atoms with Crippen LogP contribution >= 0.6 is 0 Å². The normalized spacial score (nSPS) is 19.8. The molecule has 6 heteroatoms. The molecule has 0 spiro atoms. The van der Waals surface area contributed by atoms with E-state index in [9.17, 15) is 10.1 Å². The van der Waals surface area contributed by atoms with Crippen LogP contribution in [-0.2, 0) is 0 Å². The van der Waals surface area contributed by atoms with Gasteiger partial charge in [-0.3, -0.25) is 10.1 Å². The van der Waals surface area contributed by atoms with Gasteiger partial charge in [-0.25, -0.2) is 0 Å². The van der Waals surface area contributed by atoms with E-state index in [-0.39, 0.29) is 11.4 Å². The van der Waals surface area contributed by atoms with Gasteiger partial charge in [0, 0.05) is 44.0 Å². The number of nitro benzene ring substituents is 1. The molecule has 0 N–H and O–H groups in total. The van der Waals surface area contributed by atoms with Gasteiger partial charge >= 0.3 is 5.69 Å². The van der Waals surface area contributed by atoms with Crippen molar-refractivity contribution in [3.05, 3.63) is 28.3 Å². The molecular formula is C12H17N3O3. The van der Waals surface area contributed by atoms with Crippen molar-refractivity contribution < 1.29 is 13.8 Å². The van der Waals surface area contributed by atoms with Crippen LogP contribution in [0, 0.1) is 10.1 Å². The van der Waals surface area contributed by atoms with Crippen LogP contribution in [0.5, 0.6) is 5.75 Å². The molecule has 0 atom stereocenters. The smallest absolute Gasteiger partial charge is 0.311 e. The zero-order valence-corrected chi connectivity index (χ0v) is 10.1. The summed E-state index contributed by atoms with van der Waals surface area (Å²) in [5.41, 5.74) is 0.386. The van der Waals surface area contributed by atoms with Gasteiger partial charge in [0.05, 0.1) is 16.1 Å². The summed E-state index contributed by atoms with van der Waals surface area (Å²) in [5, 5.41) is 11.0. The van der Waals surface area contributed by atoms with Crippen LogP contribution in [0.1, 0.15) is 4.11 Å². The molecule has 6 nitrogen and oxygen atoms in total. The number of hydrogen-bond acceptors (Lipinski definition) is 5. The third kappa shape index (κ3) is 2.53. The summed E-state index contributed by atoms with van der Waals surface area (Å²) in [4.78, 5) is 14.5. The second-order valence-corrected chi connectivity index (χ2v) is 4.30. The van der Waals surface area contributed by atoms with Gasteiger partial charge in [0.1, 0.15) is 0 Å². The Kier molecular flexibility index (Phi) is 2.66. The molecule has 1 fully saturated rings. The van der Waals surface area contributed by atoms with E-state index < -0.39 is 12.0 Å². The van der Waals surface area contributed by atoms with E-state index in [1.807, 2.05) is 7.05 Å². The van der Waals surface area contributed by atoms with E-state index in [2.05, 4.69) is 9.80 Å². The fraction of sp³-hybridized carbons (Fsp3) is 0.500. The molecule has 0 unspecified atom stereocenters. The maximum Gasteiger partial charge on any atom is 0.311 e. The van der Waals surface area contributed by atoms with Crippen molar-refractivity contribution in [2.45, 2.75) is 0 Å². The van der Waals surface area contributed by atoms with Crippen molar-refractivity contribution in [3.8, 4) is 5.75 Å². The lowest BCUT2D eigenvalue weighted by molar-refractivity contribution is -0.385. The minimum atomic E-state index is -2.72. The molecule has 98 valence electrons. The Balaban J connectivity index is 2.28. The molecule has 2 rings (SSSR count). The maximum atomic E-state index is 11.0. The molecule has 1 saturated heterocycles. The molecular weight excluding hydrogens is 234 g/mol. The van der Waals surface area contributed by atoms with Crippen LogP contribution in [0.15, 0.2) is 18.2 Å². The number of benzene rings is 1. The second-order valence-electron chi connectivity index (χ2n) is 4.30. The van der Waals surface area contributed by atoms with Crippen molar-refractivity contribution in [1.82, 2.24) is 4.90 Å². The number of nitro groups is 1. The van der Waals surface area contributed by atoms with Crippen molar-refractivity contribution in [1.29, 1.82) is 0 Å². The van der Waals surface area contributed by atoms with Gasteiger partial charge in [-0.15, -0.1) is 0 Å². The van der Waals surface area contributed by atoms with Crippen LogP contribution in [0.3, 0.4) is 0 Å². The predicted molar refractivity (Wildman–Crippen MR) is 69.4 cm³/mol. The maximum absolute atomic E-state index is 11.0. The Bertz CT molecular complexity index is 528. The minimum Gasteiger partial charge on any atom is -0.490 e. The number of nitrogens with zero attached hydrogens (tertiary/aromatic N) is 3. The highest BCUT2D eigenvalue weighted by Gasteiger charge is 2.19. The summed E-state index contributed by atoms with van der Waals surface area (Å²) in [5.74, 6) is -0.226. The SMILES string of the molecule is [2H]C([2H])([2H])Oc1cc(N2CCN(C)CC2)ccc1[N+](=O)[O-]. The Morgan fingerprint density at radius 2 is 2.11 bits per heavy atom. The van der Waals surface area contributed by atoms with Gasteiger partial charge in [-0.1, -0.05) is 0 Å². The zero-order chi connectivity index (χ0) is 15.6. The van der Waals surface area contributed by atoms with Gasteiger partial charge in [0.15, 0.2) is 5.75 Å². The summed E-state index contributed by atoms with van der Waals surface area (Å²) >= 11 is 0. The lowest BCUT2D eigenvalue weighted by atomic mass is 10.2. The molecule has 1 aromatic carbocycles. The predicted octanol–water partition coefficient (Wildman–Crippen LogP) is 1.36. The van der Waals surface area contributed by atoms with E-state index >= 15 is 0 Å². The average Bonchev–Trinajstić information content (AvgIpc) is 2.37. The summed E-state index contributed by atoms with van der Waals surface area (Å²) in [6, 6.07) is 4.33. The van der Waals surface area contributed by atoms with Crippen LogP contribution in [0.2, 0.25) is 0 Å².